The van der Waals surface area contributed by atoms with Crippen molar-refractivity contribution in [2.75, 3.05) is 7.11 Å². The van der Waals surface area contributed by atoms with Gasteiger partial charge < -0.3 is 14.8 Å². The van der Waals surface area contributed by atoms with Crippen LogP contribution in [0.1, 0.15) is 57.9 Å². The summed E-state index contributed by atoms with van der Waals surface area (Å²) in [5, 5.41) is 8.04. The molecule has 0 saturated carbocycles. The average Bonchev–Trinajstić information content (AvgIpc) is 3.53. The van der Waals surface area contributed by atoms with Crippen LogP contribution in [0.3, 0.4) is 0 Å². The Morgan fingerprint density at radius 2 is 1.90 bits per heavy atom. The molecule has 0 radical (unpaired) electrons. The molecule has 0 aliphatic heterocycles. The summed E-state index contributed by atoms with van der Waals surface area (Å²) in [5.41, 5.74) is -0.207. The summed E-state index contributed by atoms with van der Waals surface area (Å²) in [7, 11) is 1.47. The predicted molar refractivity (Wildman–Crippen MR) is 152 cm³/mol. The number of carbonyl (C=O) groups is 1. The lowest BCUT2D eigenvalue weighted by molar-refractivity contribution is -0.124. The van der Waals surface area contributed by atoms with Crippen LogP contribution in [0.15, 0.2) is 46.2 Å². The van der Waals surface area contributed by atoms with E-state index < -0.39 is 35.1 Å². The zero-order valence-corrected chi connectivity index (χ0v) is 24.4. The van der Waals surface area contributed by atoms with Crippen molar-refractivity contribution in [2.45, 2.75) is 72.4 Å². The standard InChI is InChI=1S/C28H34FN5O5S/c1-15(2)31-24(35)18(6)34-25(36)23-17(5)26(33-12-8-11-30-33)40-27(23)32(28(34)37)14-22(39-16(3)4)20-13-19(29)9-10-21(20)38-7/h8-13,15-16,18,22H,14H2,1-7H3,(H,31,35)/t18?,22-/m0/s1. The van der Waals surface area contributed by atoms with E-state index in [9.17, 15) is 18.8 Å². The molecule has 1 amide bonds. The molecule has 10 nitrogen and oxygen atoms in total. The van der Waals surface area contributed by atoms with E-state index in [0.29, 0.717) is 32.1 Å². The lowest BCUT2D eigenvalue weighted by Gasteiger charge is -2.25. The predicted octanol–water partition coefficient (Wildman–Crippen LogP) is 4.12. The number of fused-ring (bicyclic) bond motifs is 1. The number of aromatic nitrogens is 4. The van der Waals surface area contributed by atoms with Crippen molar-refractivity contribution < 1.29 is 18.7 Å². The number of ether oxygens (including phenoxy) is 2. The minimum Gasteiger partial charge on any atom is -0.496 e. The molecule has 4 aromatic rings. The Labute approximate surface area is 235 Å². The van der Waals surface area contributed by atoms with E-state index in [0.717, 1.165) is 4.57 Å². The smallest absolute Gasteiger partial charge is 0.332 e. The van der Waals surface area contributed by atoms with Gasteiger partial charge in [0, 0.05) is 29.6 Å². The van der Waals surface area contributed by atoms with Crippen LogP contribution < -0.4 is 21.3 Å². The molecule has 0 saturated heterocycles. The van der Waals surface area contributed by atoms with Gasteiger partial charge >= 0.3 is 5.69 Å². The summed E-state index contributed by atoms with van der Waals surface area (Å²) >= 11 is 1.23. The van der Waals surface area contributed by atoms with Gasteiger partial charge in [-0.15, -0.1) is 0 Å². The molecule has 0 aliphatic carbocycles. The monoisotopic (exact) mass is 571 g/mol. The van der Waals surface area contributed by atoms with Crippen molar-refractivity contribution in [3.63, 3.8) is 0 Å². The highest BCUT2D eigenvalue weighted by molar-refractivity contribution is 7.21. The molecular weight excluding hydrogens is 537 g/mol. The maximum atomic E-state index is 14.4. The molecule has 0 aliphatic rings. The van der Waals surface area contributed by atoms with Gasteiger partial charge in [-0.2, -0.15) is 5.10 Å². The molecule has 12 heteroatoms. The maximum absolute atomic E-state index is 14.4. The van der Waals surface area contributed by atoms with Crippen LogP contribution in [0, 0.1) is 12.7 Å². The molecule has 2 atom stereocenters. The molecule has 0 bridgehead atoms. The lowest BCUT2D eigenvalue weighted by Crippen LogP contribution is -2.47. The number of benzene rings is 1. The molecule has 1 unspecified atom stereocenters. The van der Waals surface area contributed by atoms with Crippen LogP contribution in [0.2, 0.25) is 0 Å². The molecule has 3 heterocycles. The highest BCUT2D eigenvalue weighted by atomic mass is 32.1. The first-order valence-electron chi connectivity index (χ1n) is 13.0. The topological polar surface area (TPSA) is 109 Å². The molecule has 214 valence electrons. The first-order chi connectivity index (χ1) is 18.9. The van der Waals surface area contributed by atoms with Crippen LogP contribution in [0.5, 0.6) is 5.75 Å². The van der Waals surface area contributed by atoms with Gasteiger partial charge in [-0.25, -0.2) is 18.4 Å². The van der Waals surface area contributed by atoms with Gasteiger partial charge in [0.2, 0.25) is 5.91 Å². The first-order valence-corrected chi connectivity index (χ1v) is 13.8. The second-order valence-electron chi connectivity index (χ2n) is 10.1. The fourth-order valence-corrected chi connectivity index (χ4v) is 5.90. The summed E-state index contributed by atoms with van der Waals surface area (Å²) in [6.45, 7) is 10.5. The van der Waals surface area contributed by atoms with Gasteiger partial charge in [-0.3, -0.25) is 14.2 Å². The van der Waals surface area contributed by atoms with Crippen LogP contribution in [0.25, 0.3) is 15.2 Å². The maximum Gasteiger partial charge on any atom is 0.332 e. The van der Waals surface area contributed by atoms with Crippen molar-refractivity contribution in [2.24, 2.45) is 0 Å². The second kappa shape index (κ2) is 11.8. The third-order valence-electron chi connectivity index (χ3n) is 6.45. The minimum atomic E-state index is -1.08. The Morgan fingerprint density at radius 1 is 1.18 bits per heavy atom. The number of amides is 1. The number of nitrogens with one attached hydrogen (secondary N) is 1. The second-order valence-corrected chi connectivity index (χ2v) is 11.1. The molecule has 3 aromatic heterocycles. The SMILES string of the molecule is COc1ccc(F)cc1[C@H](Cn1c(=O)n(C(C)C(=O)NC(C)C)c(=O)c2c(C)c(-n3cccn3)sc21)OC(C)C. The van der Waals surface area contributed by atoms with E-state index in [-0.39, 0.29) is 18.7 Å². The van der Waals surface area contributed by atoms with Crippen molar-refractivity contribution in [1.29, 1.82) is 0 Å². The number of hydrogen-bond acceptors (Lipinski definition) is 7. The van der Waals surface area contributed by atoms with Crippen molar-refractivity contribution >= 4 is 27.5 Å². The zero-order chi connectivity index (χ0) is 29.3. The van der Waals surface area contributed by atoms with Crippen molar-refractivity contribution in [3.05, 3.63) is 74.4 Å². The van der Waals surface area contributed by atoms with E-state index in [4.69, 9.17) is 9.47 Å². The van der Waals surface area contributed by atoms with Crippen LogP contribution in [0.4, 0.5) is 4.39 Å². The van der Waals surface area contributed by atoms with E-state index in [2.05, 4.69) is 10.4 Å². The first kappa shape index (κ1) is 29.2. The number of thiophene rings is 1. The van der Waals surface area contributed by atoms with Gasteiger partial charge in [0.05, 0.1) is 25.1 Å². The molecular formula is C28H34FN5O5S. The third-order valence-corrected chi connectivity index (χ3v) is 7.76. The molecule has 0 spiro atoms. The van der Waals surface area contributed by atoms with Crippen LogP contribution >= 0.6 is 11.3 Å². The largest absolute Gasteiger partial charge is 0.496 e. The molecule has 1 aromatic carbocycles. The van der Waals surface area contributed by atoms with E-state index >= 15 is 0 Å². The highest BCUT2D eigenvalue weighted by Crippen LogP contribution is 2.34. The van der Waals surface area contributed by atoms with Crippen LogP contribution in [-0.4, -0.2) is 44.1 Å². The molecule has 0 fully saturated rings. The van der Waals surface area contributed by atoms with Gasteiger partial charge in [-0.1, -0.05) is 11.3 Å². The number of halogens is 1. The number of nitrogens with zero attached hydrogens (tertiary/aromatic N) is 4. The Kier molecular flexibility index (Phi) is 8.59. The fourth-order valence-electron chi connectivity index (χ4n) is 4.65. The lowest BCUT2D eigenvalue weighted by atomic mass is 10.1. The number of carbonyl (C=O) groups excluding carboxylic acids is 1. The Hall–Kier alpha value is -3.77. The van der Waals surface area contributed by atoms with Crippen molar-refractivity contribution in [1.82, 2.24) is 24.2 Å². The summed E-state index contributed by atoms with van der Waals surface area (Å²) in [6.07, 6.45) is 2.28. The quantitative estimate of drug-likeness (QED) is 0.307. The molecule has 40 heavy (non-hydrogen) atoms. The summed E-state index contributed by atoms with van der Waals surface area (Å²) in [6, 6.07) is 4.60. The minimum absolute atomic E-state index is 0.0649. The number of rotatable bonds is 10. The van der Waals surface area contributed by atoms with Crippen molar-refractivity contribution in [3.8, 4) is 10.8 Å². The number of methoxy groups -OCH3 is 1. The van der Waals surface area contributed by atoms with Gasteiger partial charge in [0.25, 0.3) is 5.56 Å². The molecule has 4 rings (SSSR count). The summed E-state index contributed by atoms with van der Waals surface area (Å²) in [5.74, 6) is -0.543. The molecule has 1 N–H and O–H groups in total. The average molecular weight is 572 g/mol. The summed E-state index contributed by atoms with van der Waals surface area (Å²) < 4.78 is 30.1. The zero-order valence-electron chi connectivity index (χ0n) is 23.6. The third kappa shape index (κ3) is 5.59. The van der Waals surface area contributed by atoms with Crippen LogP contribution in [-0.2, 0) is 16.1 Å². The normalized spacial score (nSPS) is 13.2. The Bertz CT molecular complexity index is 1640. The van der Waals surface area contributed by atoms with Gasteiger partial charge in [0.1, 0.15) is 33.5 Å². The highest BCUT2D eigenvalue weighted by Gasteiger charge is 2.29. The fraction of sp³-hybridized carbons (Fsp3) is 0.429. The van der Waals surface area contributed by atoms with E-state index in [1.165, 1.54) is 48.1 Å². The number of hydrogen-bond donors (Lipinski definition) is 1. The van der Waals surface area contributed by atoms with E-state index in [1.807, 2.05) is 13.8 Å². The van der Waals surface area contributed by atoms with Gasteiger partial charge in [0.15, 0.2) is 0 Å². The number of aryl methyl sites for hydroxylation is 1. The van der Waals surface area contributed by atoms with Gasteiger partial charge in [-0.05, 0) is 65.8 Å². The Morgan fingerprint density at radius 3 is 2.50 bits per heavy atom. The van der Waals surface area contributed by atoms with E-state index in [1.54, 1.807) is 43.9 Å². The Balaban J connectivity index is 2.01. The summed E-state index contributed by atoms with van der Waals surface area (Å²) in [4.78, 5) is 41.3.